The Hall–Kier alpha value is -2.30. The lowest BCUT2D eigenvalue weighted by Gasteiger charge is -2.09. The van der Waals surface area contributed by atoms with E-state index in [0.717, 1.165) is 17.2 Å². The summed E-state index contributed by atoms with van der Waals surface area (Å²) >= 11 is 0. The number of nitrogens with zero attached hydrogens (tertiary/aromatic N) is 1. The first-order valence-corrected chi connectivity index (χ1v) is 6.02. The smallest absolute Gasteiger partial charge is 0.433 e. The summed E-state index contributed by atoms with van der Waals surface area (Å²) in [5.41, 5.74) is 1.18. The number of aromatic nitrogens is 1. The molecule has 0 unspecified atom stereocenters. The Morgan fingerprint density at radius 2 is 1.75 bits per heavy atom. The minimum Gasteiger partial charge on any atom is -0.511 e. The lowest BCUT2D eigenvalue weighted by Crippen LogP contribution is -2.09. The number of aliphatic hydroxyl groups is 1. The first-order valence-electron chi connectivity index (χ1n) is 6.02. The molecule has 1 heterocycles. The molecule has 0 spiro atoms. The van der Waals surface area contributed by atoms with E-state index in [9.17, 15) is 18.3 Å². The average Bonchev–Trinajstić information content (AvgIpc) is 2.73. The molecule has 1 aromatic heterocycles. The van der Waals surface area contributed by atoms with Gasteiger partial charge in [-0.15, -0.1) is 0 Å². The van der Waals surface area contributed by atoms with Gasteiger partial charge < -0.3 is 5.11 Å². The van der Waals surface area contributed by atoms with Crippen LogP contribution in [0.25, 0.3) is 5.57 Å². The van der Waals surface area contributed by atoms with Gasteiger partial charge in [0.15, 0.2) is 0 Å². The Bertz CT molecular complexity index is 704. The van der Waals surface area contributed by atoms with Gasteiger partial charge in [0, 0.05) is 12.0 Å². The van der Waals surface area contributed by atoms with Crippen LogP contribution in [0, 0.1) is 0 Å². The number of hydrogen-bond donors (Lipinski definition) is 1. The lowest BCUT2D eigenvalue weighted by molar-refractivity contribution is -0.141. The first-order chi connectivity index (χ1) is 9.47. The molecule has 1 aromatic carbocycles. The molecule has 1 aliphatic rings. The molecular weight excluding hydrogens is 267 g/mol. The number of aliphatic hydroxyl groups excluding tert-OH is 1. The Kier molecular flexibility index (Phi) is 2.78. The summed E-state index contributed by atoms with van der Waals surface area (Å²) in [6.45, 7) is 0. The second-order valence-electron chi connectivity index (χ2n) is 4.56. The van der Waals surface area contributed by atoms with Crippen molar-refractivity contribution in [2.24, 2.45) is 0 Å². The summed E-state index contributed by atoms with van der Waals surface area (Å²) in [7, 11) is 0. The number of allylic oxidation sites excluding steroid dienone is 1. The Balaban J connectivity index is 2.13. The zero-order valence-electron chi connectivity index (χ0n) is 10.3. The third kappa shape index (κ3) is 2.05. The van der Waals surface area contributed by atoms with E-state index in [1.807, 2.05) is 12.1 Å². The Morgan fingerprint density at radius 3 is 2.50 bits per heavy atom. The van der Waals surface area contributed by atoms with Gasteiger partial charge in [0.25, 0.3) is 0 Å². The third-order valence-corrected chi connectivity index (χ3v) is 3.23. The van der Waals surface area contributed by atoms with E-state index in [-0.39, 0.29) is 11.5 Å². The maximum Gasteiger partial charge on any atom is 0.433 e. The molecular formula is C15H10F3NO. The number of rotatable bonds is 1. The quantitative estimate of drug-likeness (QED) is 0.855. The summed E-state index contributed by atoms with van der Waals surface area (Å²) < 4.78 is 38.1. The van der Waals surface area contributed by atoms with Crippen LogP contribution in [0.5, 0.6) is 0 Å². The van der Waals surface area contributed by atoms with Crippen LogP contribution in [0.2, 0.25) is 0 Å². The molecule has 0 bridgehead atoms. The second kappa shape index (κ2) is 4.37. The standard InChI is InChI=1S/C15H10F3NO/c16-15(17,18)13-7-3-6-11(19-13)14-10-5-2-1-4-9(10)8-12(14)20/h1-7,20H,8H2. The fourth-order valence-electron chi connectivity index (χ4n) is 2.36. The van der Waals surface area contributed by atoms with Gasteiger partial charge in [0.05, 0.1) is 5.69 Å². The zero-order valence-corrected chi connectivity index (χ0v) is 10.3. The predicted molar refractivity (Wildman–Crippen MR) is 68.0 cm³/mol. The van der Waals surface area contributed by atoms with Crippen molar-refractivity contribution in [1.82, 2.24) is 4.98 Å². The summed E-state index contributed by atoms with van der Waals surface area (Å²) in [5, 5.41) is 10.0. The number of pyridine rings is 1. The lowest BCUT2D eigenvalue weighted by atomic mass is 10.0. The van der Waals surface area contributed by atoms with Crippen LogP contribution < -0.4 is 0 Å². The van der Waals surface area contributed by atoms with E-state index >= 15 is 0 Å². The Labute approximate surface area is 113 Å². The van der Waals surface area contributed by atoms with Crippen molar-refractivity contribution in [2.45, 2.75) is 12.6 Å². The minimum atomic E-state index is -4.50. The number of halogens is 3. The van der Waals surface area contributed by atoms with Gasteiger partial charge in [-0.25, -0.2) is 4.98 Å². The topological polar surface area (TPSA) is 33.1 Å². The molecule has 0 atom stereocenters. The molecule has 102 valence electrons. The minimum absolute atomic E-state index is 0.0537. The molecule has 0 fully saturated rings. The third-order valence-electron chi connectivity index (χ3n) is 3.23. The summed E-state index contributed by atoms with van der Waals surface area (Å²) in [5.74, 6) is 0.0537. The van der Waals surface area contributed by atoms with Crippen LogP contribution in [0.4, 0.5) is 13.2 Å². The summed E-state index contributed by atoms with van der Waals surface area (Å²) in [4.78, 5) is 3.63. The van der Waals surface area contributed by atoms with E-state index in [1.54, 1.807) is 12.1 Å². The van der Waals surface area contributed by atoms with Crippen molar-refractivity contribution in [1.29, 1.82) is 0 Å². The first kappa shape index (κ1) is 12.7. The molecule has 0 aliphatic heterocycles. The highest BCUT2D eigenvalue weighted by Crippen LogP contribution is 2.36. The maximum atomic E-state index is 12.7. The average molecular weight is 277 g/mol. The molecule has 0 radical (unpaired) electrons. The highest BCUT2D eigenvalue weighted by Gasteiger charge is 2.33. The number of hydrogen-bond acceptors (Lipinski definition) is 2. The van der Waals surface area contributed by atoms with Crippen LogP contribution in [0.3, 0.4) is 0 Å². The molecule has 1 N–H and O–H groups in total. The molecule has 20 heavy (non-hydrogen) atoms. The maximum absolute atomic E-state index is 12.7. The van der Waals surface area contributed by atoms with Gasteiger partial charge in [-0.3, -0.25) is 0 Å². The van der Waals surface area contributed by atoms with Crippen molar-refractivity contribution in [3.63, 3.8) is 0 Å². The predicted octanol–water partition coefficient (Wildman–Crippen LogP) is 3.97. The van der Waals surface area contributed by atoms with Crippen molar-refractivity contribution in [3.05, 3.63) is 70.7 Å². The summed E-state index contributed by atoms with van der Waals surface area (Å²) in [6, 6.07) is 10.9. The molecule has 0 saturated carbocycles. The normalized spacial score (nSPS) is 14.6. The van der Waals surface area contributed by atoms with Crippen LogP contribution >= 0.6 is 0 Å². The molecule has 0 amide bonds. The van der Waals surface area contributed by atoms with E-state index in [4.69, 9.17) is 0 Å². The molecule has 0 saturated heterocycles. The van der Waals surface area contributed by atoms with E-state index in [0.29, 0.717) is 12.0 Å². The van der Waals surface area contributed by atoms with Gasteiger partial charge >= 0.3 is 6.18 Å². The van der Waals surface area contributed by atoms with Gasteiger partial charge in [-0.05, 0) is 23.3 Å². The zero-order chi connectivity index (χ0) is 14.3. The van der Waals surface area contributed by atoms with Gasteiger partial charge in [-0.2, -0.15) is 13.2 Å². The highest BCUT2D eigenvalue weighted by molar-refractivity contribution is 5.84. The number of fused-ring (bicyclic) bond motifs is 1. The second-order valence-corrected chi connectivity index (χ2v) is 4.56. The molecule has 2 aromatic rings. The monoisotopic (exact) mass is 277 g/mol. The van der Waals surface area contributed by atoms with Crippen molar-refractivity contribution in [2.75, 3.05) is 0 Å². The molecule has 2 nitrogen and oxygen atoms in total. The van der Waals surface area contributed by atoms with Crippen molar-refractivity contribution in [3.8, 4) is 0 Å². The SMILES string of the molecule is OC1=C(c2cccc(C(F)(F)F)n2)c2ccccc2C1. The van der Waals surface area contributed by atoms with Gasteiger partial charge in [-0.1, -0.05) is 30.3 Å². The number of benzene rings is 1. The fraction of sp³-hybridized carbons (Fsp3) is 0.133. The molecule has 3 rings (SSSR count). The van der Waals surface area contributed by atoms with Crippen LogP contribution in [-0.4, -0.2) is 10.1 Å². The Morgan fingerprint density at radius 1 is 1.00 bits per heavy atom. The van der Waals surface area contributed by atoms with E-state index in [2.05, 4.69) is 4.98 Å². The van der Waals surface area contributed by atoms with Crippen LogP contribution in [0.1, 0.15) is 22.5 Å². The molecule has 1 aliphatic carbocycles. The number of alkyl halides is 3. The van der Waals surface area contributed by atoms with E-state index in [1.165, 1.54) is 12.1 Å². The largest absolute Gasteiger partial charge is 0.511 e. The van der Waals surface area contributed by atoms with E-state index < -0.39 is 11.9 Å². The van der Waals surface area contributed by atoms with Gasteiger partial charge in [0.2, 0.25) is 0 Å². The summed E-state index contributed by atoms with van der Waals surface area (Å²) in [6.07, 6.45) is -4.17. The van der Waals surface area contributed by atoms with Crippen molar-refractivity contribution < 1.29 is 18.3 Å². The molecule has 5 heteroatoms. The van der Waals surface area contributed by atoms with Crippen molar-refractivity contribution >= 4 is 5.57 Å². The van der Waals surface area contributed by atoms with Gasteiger partial charge in [0.1, 0.15) is 11.5 Å². The van der Waals surface area contributed by atoms with Crippen LogP contribution in [-0.2, 0) is 12.6 Å². The highest BCUT2D eigenvalue weighted by atomic mass is 19.4. The fourth-order valence-corrected chi connectivity index (χ4v) is 2.36. The van der Waals surface area contributed by atoms with Crippen LogP contribution in [0.15, 0.2) is 48.2 Å².